The van der Waals surface area contributed by atoms with Crippen molar-refractivity contribution in [3.8, 4) is 22.8 Å². The van der Waals surface area contributed by atoms with Crippen molar-refractivity contribution in [3.05, 3.63) is 60.6 Å². The van der Waals surface area contributed by atoms with E-state index in [0.717, 1.165) is 24.1 Å². The van der Waals surface area contributed by atoms with Crippen LogP contribution in [0.15, 0.2) is 54.7 Å². The number of likely N-dealkylation sites (tertiary alicyclic amines) is 1. The van der Waals surface area contributed by atoms with Crippen molar-refractivity contribution < 1.29 is 19.1 Å². The highest BCUT2D eigenvalue weighted by molar-refractivity contribution is 5.86. The highest BCUT2D eigenvalue weighted by Crippen LogP contribution is 2.35. The molecule has 1 unspecified atom stereocenters. The number of aromatic nitrogens is 2. The molecule has 1 aliphatic rings. The maximum atomic E-state index is 13.3. The second-order valence-electron chi connectivity index (χ2n) is 8.90. The van der Waals surface area contributed by atoms with Gasteiger partial charge in [-0.2, -0.15) is 0 Å². The number of nitrogens with zero attached hydrogens (tertiary/aromatic N) is 2. The number of nitrogens with two attached hydrogens (primary N) is 1. The summed E-state index contributed by atoms with van der Waals surface area (Å²) in [6, 6.07) is 14.1. The number of ether oxygens (including phenoxy) is 2. The molecule has 9 nitrogen and oxygen atoms in total. The minimum atomic E-state index is -0.674. The lowest BCUT2D eigenvalue weighted by Crippen LogP contribution is -2.51. The van der Waals surface area contributed by atoms with Gasteiger partial charge in [-0.25, -0.2) is 9.78 Å². The molecule has 9 heteroatoms. The number of hydrogen-bond acceptors (Lipinski definition) is 6. The molecule has 0 radical (unpaired) electrons. The van der Waals surface area contributed by atoms with E-state index in [2.05, 4.69) is 15.3 Å². The van der Waals surface area contributed by atoms with Crippen LogP contribution >= 0.6 is 0 Å². The summed E-state index contributed by atoms with van der Waals surface area (Å²) in [4.78, 5) is 34.9. The van der Waals surface area contributed by atoms with E-state index in [1.807, 2.05) is 56.3 Å². The van der Waals surface area contributed by atoms with Crippen LogP contribution in [0.4, 0.5) is 10.5 Å². The third-order valence-corrected chi connectivity index (χ3v) is 6.13. The molecular weight excluding hydrogens is 446 g/mol. The van der Waals surface area contributed by atoms with E-state index >= 15 is 0 Å². The average molecular weight is 478 g/mol. The Kier molecular flexibility index (Phi) is 7.24. The van der Waals surface area contributed by atoms with E-state index in [1.54, 1.807) is 17.2 Å². The lowest BCUT2D eigenvalue weighted by atomic mass is 10.0. The number of anilines is 1. The molecule has 0 spiro atoms. The number of benzene rings is 2. The summed E-state index contributed by atoms with van der Waals surface area (Å²) in [7, 11) is 1.29. The van der Waals surface area contributed by atoms with Crippen molar-refractivity contribution in [2.24, 2.45) is 5.92 Å². The second kappa shape index (κ2) is 10.5. The number of rotatable bonds is 7. The largest absolute Gasteiger partial charge is 0.455 e. The van der Waals surface area contributed by atoms with E-state index in [1.165, 1.54) is 7.11 Å². The summed E-state index contributed by atoms with van der Waals surface area (Å²) in [6.45, 7) is 4.39. The molecule has 184 valence electrons. The zero-order chi connectivity index (χ0) is 24.9. The topological polar surface area (TPSA) is 123 Å². The number of methoxy groups -OCH3 is 1. The Morgan fingerprint density at radius 2 is 1.97 bits per heavy atom. The van der Waals surface area contributed by atoms with Gasteiger partial charge >= 0.3 is 6.09 Å². The first-order chi connectivity index (χ1) is 16.9. The van der Waals surface area contributed by atoms with Crippen molar-refractivity contribution in [2.45, 2.75) is 38.8 Å². The standard InChI is InChI=1S/C26H31N5O4/c1-16(2)23(30-26(33)34-3)25(32)31-13-7-10-21(31)24-28-15-20(29-24)17-11-12-19(27)22(14-17)35-18-8-5-4-6-9-18/h4-6,8-9,11-12,14-16,21,23H,7,10,13,27H2,1-3H3,(H,28,29)(H,30,33)/t21-,23?/m0/s1. The summed E-state index contributed by atoms with van der Waals surface area (Å²) in [6.07, 6.45) is 2.77. The fraction of sp³-hybridized carbons (Fsp3) is 0.346. The normalized spacial score (nSPS) is 16.2. The Balaban J connectivity index is 1.54. The molecule has 2 aromatic carbocycles. The highest BCUT2D eigenvalue weighted by atomic mass is 16.5. The number of imidazole rings is 1. The van der Waals surface area contributed by atoms with Crippen LogP contribution in [-0.4, -0.2) is 46.6 Å². The van der Waals surface area contributed by atoms with Crippen LogP contribution in [0.2, 0.25) is 0 Å². The number of amides is 2. The van der Waals surface area contributed by atoms with Gasteiger partial charge in [-0.1, -0.05) is 38.1 Å². The zero-order valence-corrected chi connectivity index (χ0v) is 20.2. The Bertz CT molecular complexity index is 1180. The van der Waals surface area contributed by atoms with Crippen molar-refractivity contribution in [2.75, 3.05) is 19.4 Å². The summed E-state index contributed by atoms with van der Waals surface area (Å²) in [5.74, 6) is 1.72. The van der Waals surface area contributed by atoms with Gasteiger partial charge in [-0.3, -0.25) is 4.79 Å². The molecule has 0 saturated carbocycles. The maximum Gasteiger partial charge on any atom is 0.407 e. The number of aromatic amines is 1. The van der Waals surface area contributed by atoms with Crippen LogP contribution in [-0.2, 0) is 9.53 Å². The Hall–Kier alpha value is -4.01. The third kappa shape index (κ3) is 5.40. The molecular formula is C26H31N5O4. The zero-order valence-electron chi connectivity index (χ0n) is 20.2. The van der Waals surface area contributed by atoms with Gasteiger partial charge in [0.2, 0.25) is 5.91 Å². The Labute approximate surface area is 204 Å². The van der Waals surface area contributed by atoms with Gasteiger partial charge in [0, 0.05) is 12.1 Å². The smallest absolute Gasteiger partial charge is 0.407 e. The van der Waals surface area contributed by atoms with Crippen LogP contribution in [0.25, 0.3) is 11.3 Å². The van der Waals surface area contributed by atoms with Gasteiger partial charge in [-0.15, -0.1) is 0 Å². The maximum absolute atomic E-state index is 13.3. The minimum absolute atomic E-state index is 0.0900. The molecule has 1 aromatic heterocycles. The van der Waals surface area contributed by atoms with E-state index in [-0.39, 0.29) is 17.9 Å². The quantitative estimate of drug-likeness (QED) is 0.431. The molecule has 2 amide bonds. The van der Waals surface area contributed by atoms with Gasteiger partial charge in [-0.05, 0) is 43.0 Å². The molecule has 2 heterocycles. The first-order valence-electron chi connectivity index (χ1n) is 11.7. The van der Waals surface area contributed by atoms with Crippen molar-refractivity contribution >= 4 is 17.7 Å². The molecule has 3 aromatic rings. The van der Waals surface area contributed by atoms with Crippen LogP contribution in [0.1, 0.15) is 38.6 Å². The number of nitrogens with one attached hydrogen (secondary N) is 2. The van der Waals surface area contributed by atoms with Crippen LogP contribution in [0.3, 0.4) is 0 Å². The Morgan fingerprint density at radius 1 is 1.20 bits per heavy atom. The molecule has 0 bridgehead atoms. The highest BCUT2D eigenvalue weighted by Gasteiger charge is 2.37. The molecule has 2 atom stereocenters. The monoisotopic (exact) mass is 477 g/mol. The van der Waals surface area contributed by atoms with Crippen molar-refractivity contribution in [1.29, 1.82) is 0 Å². The fourth-order valence-corrected chi connectivity index (χ4v) is 4.25. The number of carbonyl (C=O) groups is 2. The predicted octanol–water partition coefficient (Wildman–Crippen LogP) is 4.50. The van der Waals surface area contributed by atoms with Crippen molar-refractivity contribution in [3.63, 3.8) is 0 Å². The number of H-pyrrole nitrogens is 1. The number of hydrogen-bond donors (Lipinski definition) is 3. The second-order valence-corrected chi connectivity index (χ2v) is 8.90. The molecule has 4 rings (SSSR count). The molecule has 4 N–H and O–H groups in total. The predicted molar refractivity (Wildman–Crippen MR) is 133 cm³/mol. The first kappa shape index (κ1) is 24.1. The summed E-state index contributed by atoms with van der Waals surface area (Å²) in [5.41, 5.74) is 8.33. The van der Waals surface area contributed by atoms with Crippen molar-refractivity contribution in [1.82, 2.24) is 20.2 Å². The van der Waals surface area contributed by atoms with Crippen LogP contribution < -0.4 is 15.8 Å². The minimum Gasteiger partial charge on any atom is -0.455 e. The number of para-hydroxylation sites is 1. The summed E-state index contributed by atoms with van der Waals surface area (Å²) in [5, 5.41) is 2.67. The number of carbonyl (C=O) groups excluding carboxylic acids is 2. The van der Waals surface area contributed by atoms with E-state index < -0.39 is 12.1 Å². The van der Waals surface area contributed by atoms with E-state index in [0.29, 0.717) is 29.6 Å². The van der Waals surface area contributed by atoms with E-state index in [9.17, 15) is 9.59 Å². The average Bonchev–Trinajstić information content (AvgIpc) is 3.53. The van der Waals surface area contributed by atoms with E-state index in [4.69, 9.17) is 15.2 Å². The molecule has 1 aliphatic heterocycles. The van der Waals surface area contributed by atoms with Gasteiger partial charge in [0.25, 0.3) is 0 Å². The van der Waals surface area contributed by atoms with Crippen LogP contribution in [0.5, 0.6) is 11.5 Å². The van der Waals surface area contributed by atoms with Gasteiger partial charge < -0.3 is 30.4 Å². The molecule has 35 heavy (non-hydrogen) atoms. The van der Waals surface area contributed by atoms with Crippen LogP contribution in [0, 0.1) is 5.92 Å². The third-order valence-electron chi connectivity index (χ3n) is 6.13. The SMILES string of the molecule is COC(=O)NC(C(=O)N1CCC[C@H]1c1ncc(-c2ccc(N)c(Oc3ccccc3)c2)[nH]1)C(C)C. The molecule has 1 saturated heterocycles. The lowest BCUT2D eigenvalue weighted by molar-refractivity contribution is -0.135. The first-order valence-corrected chi connectivity index (χ1v) is 11.7. The molecule has 1 fully saturated rings. The fourth-order valence-electron chi connectivity index (χ4n) is 4.25. The summed E-state index contributed by atoms with van der Waals surface area (Å²) >= 11 is 0. The lowest BCUT2D eigenvalue weighted by Gasteiger charge is -2.30. The molecule has 0 aliphatic carbocycles. The van der Waals surface area contributed by atoms with Gasteiger partial charge in [0.15, 0.2) is 5.75 Å². The summed E-state index contributed by atoms with van der Waals surface area (Å²) < 4.78 is 10.7. The Morgan fingerprint density at radius 3 is 2.69 bits per heavy atom. The van der Waals surface area contributed by atoms with Gasteiger partial charge in [0.1, 0.15) is 17.6 Å². The van der Waals surface area contributed by atoms with Gasteiger partial charge in [0.05, 0.1) is 30.7 Å². The number of alkyl carbamates (subject to hydrolysis) is 1. The number of nitrogen functional groups attached to an aromatic ring is 1.